The normalized spacial score (nSPS) is 15.7. The van der Waals surface area contributed by atoms with E-state index in [1.165, 1.54) is 11.3 Å². The molecule has 2 heterocycles. The van der Waals surface area contributed by atoms with E-state index in [0.29, 0.717) is 35.9 Å². The van der Waals surface area contributed by atoms with Gasteiger partial charge in [0.05, 0.1) is 11.6 Å². The lowest BCUT2D eigenvalue weighted by Gasteiger charge is -2.40. The van der Waals surface area contributed by atoms with Gasteiger partial charge in [-0.3, -0.25) is 4.90 Å². The molecule has 0 bridgehead atoms. The Bertz CT molecular complexity index is 1440. The summed E-state index contributed by atoms with van der Waals surface area (Å²) in [5.41, 5.74) is 8.88. The van der Waals surface area contributed by atoms with Crippen molar-refractivity contribution in [2.45, 2.75) is 25.4 Å². The molecule has 9 heteroatoms. The number of amides is 2. The number of fused-ring (bicyclic) bond motifs is 1. The van der Waals surface area contributed by atoms with Gasteiger partial charge in [-0.15, -0.1) is 11.3 Å². The zero-order valence-corrected chi connectivity index (χ0v) is 22.3. The quantitative estimate of drug-likeness (QED) is 0.208. The number of hydrogen-bond donors (Lipinski definition) is 4. The van der Waals surface area contributed by atoms with E-state index in [-0.39, 0.29) is 23.7 Å². The number of urea groups is 1. The zero-order valence-electron chi connectivity index (χ0n) is 21.5. The second-order valence-electron chi connectivity index (χ2n) is 9.35. The lowest BCUT2D eigenvalue weighted by atomic mass is 9.94. The predicted molar refractivity (Wildman–Crippen MR) is 154 cm³/mol. The molecule has 39 heavy (non-hydrogen) atoms. The van der Waals surface area contributed by atoms with Crippen molar-refractivity contribution in [1.29, 1.82) is 0 Å². The molecule has 2 amide bonds. The molecule has 4 aromatic rings. The van der Waals surface area contributed by atoms with Gasteiger partial charge in [-0.2, -0.15) is 0 Å². The van der Waals surface area contributed by atoms with Gasteiger partial charge in [-0.05, 0) is 60.9 Å². The Hall–Kier alpha value is -4.34. The Labute approximate surface area is 231 Å². The van der Waals surface area contributed by atoms with Crippen LogP contribution in [0.1, 0.15) is 45.4 Å². The third-order valence-electron chi connectivity index (χ3n) is 6.93. The number of thiophene rings is 1. The summed E-state index contributed by atoms with van der Waals surface area (Å²) >= 11 is 1.30. The number of carboxylic acids is 1. The summed E-state index contributed by atoms with van der Waals surface area (Å²) in [4.78, 5) is 28.0. The number of carbonyl (C=O) groups excluding carboxylic acids is 1. The first-order chi connectivity index (χ1) is 18.9. The molecular weight excluding hydrogens is 512 g/mol. The molecule has 1 aliphatic heterocycles. The first-order valence-corrected chi connectivity index (χ1v) is 13.5. The molecule has 0 aliphatic carbocycles. The summed E-state index contributed by atoms with van der Waals surface area (Å²) in [6.45, 7) is 3.07. The van der Waals surface area contributed by atoms with E-state index in [4.69, 9.17) is 10.5 Å². The second-order valence-corrected chi connectivity index (χ2v) is 10.4. The fourth-order valence-electron chi connectivity index (χ4n) is 4.99. The number of nitrogens with two attached hydrogens (primary N) is 1. The molecule has 0 saturated carbocycles. The summed E-state index contributed by atoms with van der Waals surface area (Å²) in [5, 5.41) is 15.9. The first-order valence-electron chi connectivity index (χ1n) is 12.7. The number of aromatic carboxylic acids is 1. The highest BCUT2D eigenvalue weighted by Crippen LogP contribution is 2.43. The van der Waals surface area contributed by atoms with Crippen molar-refractivity contribution in [3.05, 3.63) is 106 Å². The number of nitrogen functional groups attached to an aromatic ring is 1. The largest absolute Gasteiger partial charge is 0.478 e. The van der Waals surface area contributed by atoms with Gasteiger partial charge in [0.25, 0.3) is 0 Å². The van der Waals surface area contributed by atoms with E-state index in [0.717, 1.165) is 21.8 Å². The SMILES string of the molecule is CC(c1ccccc1)N1CCc2c(sc(N)c2C(=O)O)C1CNC(=O)Nc1ccc(Oc2ccccc2)cc1. The van der Waals surface area contributed by atoms with Crippen LogP contribution in [0, 0.1) is 0 Å². The van der Waals surface area contributed by atoms with E-state index in [1.807, 2.05) is 48.5 Å². The van der Waals surface area contributed by atoms with Crippen molar-refractivity contribution in [3.63, 3.8) is 0 Å². The maximum atomic E-state index is 12.9. The predicted octanol–water partition coefficient (Wildman–Crippen LogP) is 6.30. The fourth-order valence-corrected chi connectivity index (χ4v) is 6.23. The monoisotopic (exact) mass is 542 g/mol. The van der Waals surface area contributed by atoms with Crippen molar-refractivity contribution >= 4 is 34.0 Å². The third-order valence-corrected chi connectivity index (χ3v) is 8.09. The molecule has 0 radical (unpaired) electrons. The summed E-state index contributed by atoms with van der Waals surface area (Å²) in [5.74, 6) is 0.382. The van der Waals surface area contributed by atoms with Crippen molar-refractivity contribution in [2.75, 3.05) is 24.1 Å². The van der Waals surface area contributed by atoms with Crippen LogP contribution in [0.2, 0.25) is 0 Å². The van der Waals surface area contributed by atoms with Gasteiger partial charge < -0.3 is 26.2 Å². The summed E-state index contributed by atoms with van der Waals surface area (Å²) < 4.78 is 5.81. The second kappa shape index (κ2) is 11.6. The van der Waals surface area contributed by atoms with Crippen molar-refractivity contribution in [1.82, 2.24) is 10.2 Å². The van der Waals surface area contributed by atoms with Crippen molar-refractivity contribution < 1.29 is 19.4 Å². The molecular formula is C30H30N4O4S. The lowest BCUT2D eigenvalue weighted by molar-refractivity contribution is 0.0695. The van der Waals surface area contributed by atoms with Crippen LogP contribution in [-0.2, 0) is 6.42 Å². The third kappa shape index (κ3) is 5.89. The molecule has 5 rings (SSSR count). The molecule has 5 N–H and O–H groups in total. The molecule has 2 atom stereocenters. The smallest absolute Gasteiger partial charge is 0.338 e. The van der Waals surface area contributed by atoms with Crippen LogP contribution >= 0.6 is 11.3 Å². The number of carboxylic acid groups (broad SMARTS) is 1. The van der Waals surface area contributed by atoms with E-state index in [2.05, 4.69) is 34.6 Å². The summed E-state index contributed by atoms with van der Waals surface area (Å²) in [6, 6.07) is 26.2. The number of carbonyl (C=O) groups is 2. The number of anilines is 2. The number of benzene rings is 3. The molecule has 3 aromatic carbocycles. The summed E-state index contributed by atoms with van der Waals surface area (Å²) in [7, 11) is 0. The van der Waals surface area contributed by atoms with Crippen LogP contribution in [0.15, 0.2) is 84.9 Å². The Morgan fingerprint density at radius 3 is 2.33 bits per heavy atom. The standard InChI is InChI=1S/C30H30N4O4S/c1-19(20-8-4-2-5-9-20)34-17-16-24-26(29(35)36)28(31)39-27(24)25(34)18-32-30(37)33-21-12-14-23(15-13-21)38-22-10-6-3-7-11-22/h2-15,19,25H,16-18,31H2,1H3,(H,35,36)(H2,32,33,37). The van der Waals surface area contributed by atoms with Crippen LogP contribution in [0.3, 0.4) is 0 Å². The zero-order chi connectivity index (χ0) is 27.4. The van der Waals surface area contributed by atoms with Gasteiger partial charge in [-0.1, -0.05) is 48.5 Å². The highest BCUT2D eigenvalue weighted by atomic mass is 32.1. The number of nitrogens with one attached hydrogen (secondary N) is 2. The van der Waals surface area contributed by atoms with Crippen LogP contribution in [-0.4, -0.2) is 35.1 Å². The molecule has 8 nitrogen and oxygen atoms in total. The maximum Gasteiger partial charge on any atom is 0.338 e. The molecule has 200 valence electrons. The van der Waals surface area contributed by atoms with Gasteiger partial charge in [0.1, 0.15) is 16.5 Å². The molecule has 1 aromatic heterocycles. The number of nitrogens with zero attached hydrogens (tertiary/aromatic N) is 1. The van der Waals surface area contributed by atoms with Crippen LogP contribution in [0.4, 0.5) is 15.5 Å². The minimum absolute atomic E-state index is 0.0583. The minimum Gasteiger partial charge on any atom is -0.478 e. The highest BCUT2D eigenvalue weighted by Gasteiger charge is 2.36. The average Bonchev–Trinajstić information content (AvgIpc) is 3.29. The first kappa shape index (κ1) is 26.3. The molecule has 0 saturated heterocycles. The van der Waals surface area contributed by atoms with E-state index < -0.39 is 5.97 Å². The van der Waals surface area contributed by atoms with Crippen LogP contribution in [0.25, 0.3) is 0 Å². The van der Waals surface area contributed by atoms with E-state index >= 15 is 0 Å². The van der Waals surface area contributed by atoms with Gasteiger partial charge in [0, 0.05) is 29.7 Å². The Balaban J connectivity index is 1.30. The molecule has 1 aliphatic rings. The topological polar surface area (TPSA) is 117 Å². The Kier molecular flexibility index (Phi) is 7.81. The molecule has 0 spiro atoms. The average molecular weight is 543 g/mol. The fraction of sp³-hybridized carbons (Fsp3) is 0.200. The van der Waals surface area contributed by atoms with Gasteiger partial charge in [0.2, 0.25) is 0 Å². The van der Waals surface area contributed by atoms with Crippen molar-refractivity contribution in [3.8, 4) is 11.5 Å². The summed E-state index contributed by atoms with van der Waals surface area (Å²) in [6.07, 6.45) is 0.585. The number of rotatable bonds is 8. The number of ether oxygens (including phenoxy) is 1. The van der Waals surface area contributed by atoms with E-state index in [1.54, 1.807) is 24.3 Å². The minimum atomic E-state index is -1.02. The van der Waals surface area contributed by atoms with Gasteiger partial charge in [-0.25, -0.2) is 9.59 Å². The van der Waals surface area contributed by atoms with Gasteiger partial charge >= 0.3 is 12.0 Å². The maximum absolute atomic E-state index is 12.9. The lowest BCUT2D eigenvalue weighted by Crippen LogP contribution is -2.43. The highest BCUT2D eigenvalue weighted by molar-refractivity contribution is 7.16. The van der Waals surface area contributed by atoms with Crippen molar-refractivity contribution in [2.24, 2.45) is 0 Å². The molecule has 2 unspecified atom stereocenters. The Morgan fingerprint density at radius 2 is 1.67 bits per heavy atom. The number of hydrogen-bond acceptors (Lipinski definition) is 6. The van der Waals surface area contributed by atoms with E-state index in [9.17, 15) is 14.7 Å². The Morgan fingerprint density at radius 1 is 1.03 bits per heavy atom. The number of para-hydroxylation sites is 1. The van der Waals surface area contributed by atoms with Crippen LogP contribution < -0.4 is 21.1 Å². The molecule has 0 fully saturated rings. The van der Waals surface area contributed by atoms with Crippen LogP contribution in [0.5, 0.6) is 11.5 Å². The van der Waals surface area contributed by atoms with Gasteiger partial charge in [0.15, 0.2) is 0 Å².